The van der Waals surface area contributed by atoms with E-state index >= 15 is 0 Å². The van der Waals surface area contributed by atoms with E-state index in [1.165, 1.54) is 121 Å². The minimum absolute atomic E-state index is 0.0146. The van der Waals surface area contributed by atoms with Gasteiger partial charge in [-0.3, -0.25) is 0 Å². The maximum Gasteiger partial charge on any atom is 0.344 e. The molecule has 1 unspecified atom stereocenters. The lowest BCUT2D eigenvalue weighted by Gasteiger charge is -2.27. The number of benzene rings is 14. The number of methoxy groups -OCH3 is 1. The predicted molar refractivity (Wildman–Crippen MR) is 520 cm³/mol. The average molecular weight is 1710 g/mol. The Balaban J connectivity index is 0.000000142. The molecule has 14 aromatic carbocycles. The van der Waals surface area contributed by atoms with Crippen molar-refractivity contribution < 1.29 is 23.7 Å². The number of hydrogen-bond donors (Lipinski definition) is 0. The molecule has 0 N–H and O–H groups in total. The second-order valence-electron chi connectivity index (χ2n) is 31.8. The molecule has 1 fully saturated rings. The third kappa shape index (κ3) is 24.6. The van der Waals surface area contributed by atoms with Gasteiger partial charge in [0.25, 0.3) is 0 Å². The van der Waals surface area contributed by atoms with Crippen LogP contribution in [-0.2, 0) is 58.5 Å². The zero-order valence-electron chi connectivity index (χ0n) is 73.1. The first kappa shape index (κ1) is 90.5. The molecule has 1 saturated carbocycles. The van der Waals surface area contributed by atoms with Crippen LogP contribution in [-0.4, -0.2) is 31.9 Å². The van der Waals surface area contributed by atoms with Crippen LogP contribution in [0.15, 0.2) is 428 Å². The Labute approximate surface area is 742 Å². The van der Waals surface area contributed by atoms with Crippen molar-refractivity contribution in [3.63, 3.8) is 0 Å². The molecule has 0 saturated heterocycles. The smallest absolute Gasteiger partial charge is 0.344 e. The molecule has 1 aliphatic rings. The summed E-state index contributed by atoms with van der Waals surface area (Å²) in [6.07, 6.45) is 9.98. The monoisotopic (exact) mass is 1700 g/mol. The molecule has 622 valence electrons. The van der Waals surface area contributed by atoms with E-state index in [0.717, 1.165) is 73.5 Å². The lowest BCUT2D eigenvalue weighted by Crippen LogP contribution is -2.33. The molecule has 1 aromatic heterocycles. The van der Waals surface area contributed by atoms with Crippen LogP contribution in [0.1, 0.15) is 131 Å². The van der Waals surface area contributed by atoms with Crippen LogP contribution in [0.25, 0.3) is 15.0 Å². The molecule has 15 aromatic rings. The van der Waals surface area contributed by atoms with E-state index in [1.54, 1.807) is 7.11 Å². The number of carbonyl (C=O) groups excluding carboxylic acids is 1. The Morgan fingerprint density at radius 2 is 0.656 bits per heavy atom. The van der Waals surface area contributed by atoms with Crippen LogP contribution >= 0.6 is 10.5 Å². The number of carbonyl (C=O) groups is 1. The van der Waals surface area contributed by atoms with Crippen molar-refractivity contribution >= 4 is 70.1 Å². The molecule has 16 rings (SSSR count). The summed E-state index contributed by atoms with van der Waals surface area (Å²) >= 11 is 0. The van der Waals surface area contributed by atoms with Crippen molar-refractivity contribution in [1.82, 2.24) is 0 Å². The highest BCUT2D eigenvalue weighted by molar-refractivity contribution is 7.98. The molecule has 0 spiro atoms. The highest BCUT2D eigenvalue weighted by Gasteiger charge is 2.38. The summed E-state index contributed by atoms with van der Waals surface area (Å²) in [6, 6.07) is 130. The summed E-state index contributed by atoms with van der Waals surface area (Å²) in [6.45, 7) is 24.6. The molecule has 122 heavy (non-hydrogen) atoms. The summed E-state index contributed by atoms with van der Waals surface area (Å²) in [5.41, 5.74) is 8.25. The number of aryl methyl sites for hydroxylation is 6. The van der Waals surface area contributed by atoms with E-state index in [0.29, 0.717) is 0 Å². The van der Waals surface area contributed by atoms with E-state index in [-0.39, 0.29) is 77.6 Å². The number of rotatable bonds is 25. The van der Waals surface area contributed by atoms with Gasteiger partial charge in [-0.2, -0.15) is 0 Å². The molecule has 10 heteroatoms. The molecular formula is C112H119O5S5+5. The minimum Gasteiger partial charge on any atom is -0.496 e. The highest BCUT2D eigenvalue weighted by Crippen LogP contribution is 2.43. The minimum atomic E-state index is -0.284. The summed E-state index contributed by atoms with van der Waals surface area (Å²) in [7, 11) is 1.42. The van der Waals surface area contributed by atoms with Gasteiger partial charge in [-0.25, -0.2) is 4.79 Å². The van der Waals surface area contributed by atoms with E-state index in [1.807, 2.05) is 0 Å². The third-order valence-electron chi connectivity index (χ3n) is 21.6. The van der Waals surface area contributed by atoms with Gasteiger partial charge in [-0.1, -0.05) is 242 Å². The predicted octanol–water partition coefficient (Wildman–Crippen LogP) is 30.5. The fourth-order valence-electron chi connectivity index (χ4n) is 15.5. The lowest BCUT2D eigenvalue weighted by atomic mass is 9.87. The van der Waals surface area contributed by atoms with E-state index in [4.69, 9.17) is 18.9 Å². The highest BCUT2D eigenvalue weighted by atomic mass is 32.2. The lowest BCUT2D eigenvalue weighted by molar-refractivity contribution is -0.162. The second kappa shape index (κ2) is 45.4. The van der Waals surface area contributed by atoms with Gasteiger partial charge in [-0.05, 0) is 258 Å². The van der Waals surface area contributed by atoms with Gasteiger partial charge >= 0.3 is 5.97 Å². The summed E-state index contributed by atoms with van der Waals surface area (Å²) in [5, 5.41) is 3.70. The molecule has 5 nitrogen and oxygen atoms in total. The Morgan fingerprint density at radius 3 is 0.967 bits per heavy atom. The third-order valence-corrected chi connectivity index (χ3v) is 32.5. The van der Waals surface area contributed by atoms with Crippen LogP contribution in [0.4, 0.5) is 0 Å². The SMILES string of the molecule is CC(C)(C)c1ccc(-[s+]2ccc3ccccc32)cc1.CCC1(OC(=O)COc2c(C)cc([S+](c3ccccc3)c3ccccc3)cc2C)CCCC1.CCCCCCOc1c(C)cc([S+](c2ccccc2)c2ccccc2)cc1C.COc1c(C)cc([S+](c2ccccc2)c2ccccc2)cc1C.c1ccc([S+](c2ccccc2)c2ccccc2)cc1. The normalized spacial score (nSPS) is 12.2. The van der Waals surface area contributed by atoms with Crippen LogP contribution in [0.3, 0.4) is 0 Å². The zero-order chi connectivity index (χ0) is 85.6. The Bertz CT molecular complexity index is 5390. The van der Waals surface area contributed by atoms with E-state index < -0.39 is 0 Å². The molecule has 0 amide bonds. The van der Waals surface area contributed by atoms with E-state index in [2.05, 4.69) is 446 Å². The van der Waals surface area contributed by atoms with Crippen molar-refractivity contribution in [3.05, 3.63) is 408 Å². The van der Waals surface area contributed by atoms with Crippen molar-refractivity contribution in [1.29, 1.82) is 0 Å². The molecule has 1 heterocycles. The molecule has 0 aliphatic heterocycles. The van der Waals surface area contributed by atoms with Crippen LogP contribution in [0, 0.1) is 41.5 Å². The first-order valence-electron chi connectivity index (χ1n) is 42.8. The maximum absolute atomic E-state index is 12.6. The fourth-order valence-corrected chi connectivity index (χ4v) is 26.3. The second-order valence-corrected chi connectivity index (χ2v) is 41.7. The Kier molecular flexibility index (Phi) is 33.7. The quantitative estimate of drug-likeness (QED) is 0.0324. The van der Waals surface area contributed by atoms with Crippen molar-refractivity contribution in [2.45, 2.75) is 204 Å². The number of thiophene rings is 1. The summed E-state index contributed by atoms with van der Waals surface area (Å²) in [4.78, 5) is 29.9. The van der Waals surface area contributed by atoms with Crippen LogP contribution < -0.4 is 14.2 Å². The topological polar surface area (TPSA) is 54.0 Å². The van der Waals surface area contributed by atoms with Crippen LogP contribution in [0.5, 0.6) is 17.2 Å². The van der Waals surface area contributed by atoms with E-state index in [9.17, 15) is 4.79 Å². The van der Waals surface area contributed by atoms with Gasteiger partial charge in [0.05, 0.1) is 57.3 Å². The Hall–Kier alpha value is -10.7. The number of ether oxygens (including phenoxy) is 4. The fraction of sp³-hybridized carbons (Fsp3) is 0.223. The van der Waals surface area contributed by atoms with Gasteiger partial charge < -0.3 is 18.9 Å². The first-order valence-corrected chi connectivity index (χ1v) is 49.0. The summed E-state index contributed by atoms with van der Waals surface area (Å²) in [5.74, 6) is 2.55. The number of fused-ring (bicyclic) bond motifs is 1. The number of unbranched alkanes of at least 4 members (excludes halogenated alkanes) is 3. The number of esters is 1. The Morgan fingerprint density at radius 1 is 0.352 bits per heavy atom. The molecule has 1 atom stereocenters. The van der Waals surface area contributed by atoms with Crippen molar-refractivity contribution in [2.24, 2.45) is 0 Å². The van der Waals surface area contributed by atoms with Crippen molar-refractivity contribution in [3.8, 4) is 22.1 Å². The standard InChI is InChI=1S/C29H33O3S.C26H31OS.C21H21OS.C18H19S.C18H15S/c1-4-29(17-11-12-18-29)32-27(30)21-31-28-22(2)19-26(20-23(28)3)33(24-13-7-5-8-14-24)25-15-9-6-10-16-25;1-4-5-6-13-18-27-26-21(2)19-25(20-22(26)3)28(23-14-9-7-10-15-23)24-16-11-8-12-17-24;1-16-14-20(15-17(2)21(16)22-3)23(18-10-6-4-7-11-18)19-12-8-5-9-13-19;1-18(2,3)15-8-10-16(11-9-15)19-13-12-14-6-4-5-7-17(14)19;1-4-10-16(11-5-1)19(17-12-6-2-7-13-17)18-14-8-3-9-15-18/h5-10,13-16,19-20H,4,11-12,17-18,21H2,1-3H3;7-12,14-17,19-20H,4-6,13,18H2,1-3H3;4-15H,1-3H3;4-13H,1-3H3;1-15H/q5*+1. The van der Waals surface area contributed by atoms with Gasteiger partial charge in [0, 0.05) is 58.3 Å². The molecule has 1 aliphatic carbocycles. The van der Waals surface area contributed by atoms with Gasteiger partial charge in [-0.15, -0.1) is 0 Å². The first-order chi connectivity index (χ1) is 59.4. The molecular weight excluding hydrogens is 1590 g/mol. The van der Waals surface area contributed by atoms with Gasteiger partial charge in [0.1, 0.15) is 28.2 Å². The average Bonchev–Trinajstić information content (AvgIpc) is 1.26. The largest absolute Gasteiger partial charge is 0.496 e. The van der Waals surface area contributed by atoms with Gasteiger partial charge in [0.2, 0.25) is 0 Å². The van der Waals surface area contributed by atoms with Crippen LogP contribution in [0.2, 0.25) is 0 Å². The van der Waals surface area contributed by atoms with Gasteiger partial charge in [0.15, 0.2) is 74.9 Å². The molecule has 0 radical (unpaired) electrons. The summed E-state index contributed by atoms with van der Waals surface area (Å²) < 4.78 is 25.0. The number of hydrogen-bond acceptors (Lipinski definition) is 5. The molecule has 0 bridgehead atoms. The maximum atomic E-state index is 12.6. The van der Waals surface area contributed by atoms with Crippen molar-refractivity contribution in [2.75, 3.05) is 20.3 Å². The zero-order valence-corrected chi connectivity index (χ0v) is 77.2.